The minimum Gasteiger partial charge on any atom is -0.315 e. The molecule has 0 aliphatic carbocycles. The predicted octanol–water partition coefficient (Wildman–Crippen LogP) is 1.13. The van der Waals surface area contributed by atoms with Gasteiger partial charge in [0, 0.05) is 18.8 Å². The van der Waals surface area contributed by atoms with Crippen LogP contribution < -0.4 is 10.0 Å². The Bertz CT molecular complexity index is 551. The van der Waals surface area contributed by atoms with Gasteiger partial charge in [-0.3, -0.25) is 4.98 Å². The zero-order chi connectivity index (χ0) is 14.8. The van der Waals surface area contributed by atoms with E-state index < -0.39 is 21.9 Å². The van der Waals surface area contributed by atoms with Gasteiger partial charge < -0.3 is 5.32 Å². The standard InChI is InChI=1S/C11H14F3N3O2S/c12-11(13,14)10-4-3-9(7-16-10)20(18,19)17-8-2-1-5-15-6-8/h3-4,7-8,15,17H,1-2,5-6H2. The summed E-state index contributed by atoms with van der Waals surface area (Å²) in [6, 6.07) is 1.32. The second kappa shape index (κ2) is 5.66. The van der Waals surface area contributed by atoms with E-state index in [0.29, 0.717) is 19.0 Å². The molecular formula is C11H14F3N3O2S. The lowest BCUT2D eigenvalue weighted by atomic mass is 10.1. The van der Waals surface area contributed by atoms with E-state index in [1.165, 1.54) is 0 Å². The molecule has 0 spiro atoms. The van der Waals surface area contributed by atoms with Crippen molar-refractivity contribution in [3.8, 4) is 0 Å². The Morgan fingerprint density at radius 1 is 1.35 bits per heavy atom. The van der Waals surface area contributed by atoms with Crippen molar-refractivity contribution in [1.29, 1.82) is 0 Å². The predicted molar refractivity (Wildman–Crippen MR) is 65.5 cm³/mol. The largest absolute Gasteiger partial charge is 0.433 e. The van der Waals surface area contributed by atoms with Crippen molar-refractivity contribution in [2.75, 3.05) is 13.1 Å². The van der Waals surface area contributed by atoms with Gasteiger partial charge in [-0.25, -0.2) is 13.1 Å². The quantitative estimate of drug-likeness (QED) is 0.878. The number of aromatic nitrogens is 1. The number of hydrogen-bond donors (Lipinski definition) is 2. The molecular weight excluding hydrogens is 295 g/mol. The van der Waals surface area contributed by atoms with Crippen LogP contribution in [-0.4, -0.2) is 32.5 Å². The molecule has 1 aliphatic heterocycles. The molecule has 0 bridgehead atoms. The van der Waals surface area contributed by atoms with Crippen LogP contribution >= 0.6 is 0 Å². The van der Waals surface area contributed by atoms with Crippen molar-refractivity contribution in [3.05, 3.63) is 24.0 Å². The maximum atomic E-state index is 12.4. The number of hydrogen-bond acceptors (Lipinski definition) is 4. The first kappa shape index (κ1) is 15.2. The summed E-state index contributed by atoms with van der Waals surface area (Å²) >= 11 is 0. The maximum Gasteiger partial charge on any atom is 0.433 e. The van der Waals surface area contributed by atoms with Gasteiger partial charge in [-0.15, -0.1) is 0 Å². The van der Waals surface area contributed by atoms with Crippen LogP contribution in [0, 0.1) is 0 Å². The summed E-state index contributed by atoms with van der Waals surface area (Å²) < 4.78 is 63.5. The number of alkyl halides is 3. The third-order valence-corrected chi connectivity index (χ3v) is 4.46. The van der Waals surface area contributed by atoms with Gasteiger partial charge in [-0.1, -0.05) is 0 Å². The fourth-order valence-corrected chi connectivity index (χ4v) is 3.16. The molecule has 0 amide bonds. The summed E-state index contributed by atoms with van der Waals surface area (Å²) in [4.78, 5) is 2.88. The van der Waals surface area contributed by atoms with Gasteiger partial charge >= 0.3 is 6.18 Å². The summed E-state index contributed by atoms with van der Waals surface area (Å²) in [5.74, 6) is 0. The number of halogens is 3. The lowest BCUT2D eigenvalue weighted by molar-refractivity contribution is -0.141. The highest BCUT2D eigenvalue weighted by Crippen LogP contribution is 2.27. The molecule has 2 heterocycles. The molecule has 0 aromatic carbocycles. The molecule has 2 rings (SSSR count). The Hall–Kier alpha value is -1.19. The van der Waals surface area contributed by atoms with Gasteiger partial charge in [-0.2, -0.15) is 13.2 Å². The van der Waals surface area contributed by atoms with Crippen LogP contribution in [0.1, 0.15) is 18.5 Å². The minimum atomic E-state index is -4.58. The highest BCUT2D eigenvalue weighted by Gasteiger charge is 2.32. The van der Waals surface area contributed by atoms with Gasteiger partial charge in [0.25, 0.3) is 0 Å². The molecule has 1 fully saturated rings. The lowest BCUT2D eigenvalue weighted by Gasteiger charge is -2.23. The van der Waals surface area contributed by atoms with E-state index >= 15 is 0 Å². The fourth-order valence-electron chi connectivity index (χ4n) is 1.95. The Morgan fingerprint density at radius 2 is 2.10 bits per heavy atom. The molecule has 20 heavy (non-hydrogen) atoms. The molecule has 2 N–H and O–H groups in total. The van der Waals surface area contributed by atoms with Gasteiger partial charge in [0.1, 0.15) is 10.6 Å². The molecule has 112 valence electrons. The number of nitrogens with zero attached hydrogens (tertiary/aromatic N) is 1. The summed E-state index contributed by atoms with van der Waals surface area (Å²) in [7, 11) is -3.84. The molecule has 1 unspecified atom stereocenters. The van der Waals surface area contributed by atoms with Crippen LogP contribution in [0.25, 0.3) is 0 Å². The Kier molecular flexibility index (Phi) is 4.31. The first-order valence-corrected chi connectivity index (χ1v) is 7.54. The Labute approximate surface area is 114 Å². The van der Waals surface area contributed by atoms with Crippen LogP contribution in [0.15, 0.2) is 23.2 Å². The topological polar surface area (TPSA) is 71.1 Å². The average Bonchev–Trinajstić information content (AvgIpc) is 2.38. The lowest BCUT2D eigenvalue weighted by Crippen LogP contribution is -2.45. The summed E-state index contributed by atoms with van der Waals surface area (Å²) in [6.07, 6.45) is -2.32. The van der Waals surface area contributed by atoms with Gasteiger partial charge in [0.15, 0.2) is 0 Å². The molecule has 1 saturated heterocycles. The molecule has 1 atom stereocenters. The second-order valence-electron chi connectivity index (χ2n) is 4.54. The first-order valence-electron chi connectivity index (χ1n) is 6.05. The van der Waals surface area contributed by atoms with Gasteiger partial charge in [0.2, 0.25) is 10.0 Å². The zero-order valence-corrected chi connectivity index (χ0v) is 11.3. The van der Waals surface area contributed by atoms with Gasteiger partial charge in [0.05, 0.1) is 0 Å². The molecule has 1 aliphatic rings. The smallest absolute Gasteiger partial charge is 0.315 e. The van der Waals surface area contributed by atoms with E-state index in [1.807, 2.05) is 0 Å². The van der Waals surface area contributed by atoms with E-state index in [0.717, 1.165) is 25.2 Å². The van der Waals surface area contributed by atoms with Crippen LogP contribution in [0.4, 0.5) is 13.2 Å². The summed E-state index contributed by atoms with van der Waals surface area (Å²) in [5.41, 5.74) is -1.12. The monoisotopic (exact) mass is 309 g/mol. The van der Waals surface area contributed by atoms with E-state index in [2.05, 4.69) is 15.0 Å². The summed E-state index contributed by atoms with van der Waals surface area (Å²) in [5, 5.41) is 3.05. The maximum absolute atomic E-state index is 12.4. The van der Waals surface area contributed by atoms with Crippen LogP contribution in [-0.2, 0) is 16.2 Å². The third-order valence-electron chi connectivity index (χ3n) is 2.96. The molecule has 5 nitrogen and oxygen atoms in total. The highest BCUT2D eigenvalue weighted by atomic mass is 32.2. The molecule has 0 saturated carbocycles. The molecule has 1 aromatic rings. The van der Waals surface area contributed by atoms with Crippen LogP contribution in [0.3, 0.4) is 0 Å². The van der Waals surface area contributed by atoms with E-state index in [-0.39, 0.29) is 10.9 Å². The van der Waals surface area contributed by atoms with Crippen molar-refractivity contribution < 1.29 is 21.6 Å². The number of piperidine rings is 1. The molecule has 9 heteroatoms. The van der Waals surface area contributed by atoms with Crippen molar-refractivity contribution >= 4 is 10.0 Å². The Morgan fingerprint density at radius 3 is 2.60 bits per heavy atom. The zero-order valence-electron chi connectivity index (χ0n) is 10.4. The van der Waals surface area contributed by atoms with Crippen LogP contribution in [0.5, 0.6) is 0 Å². The Balaban J connectivity index is 2.13. The number of pyridine rings is 1. The summed E-state index contributed by atoms with van der Waals surface area (Å²) in [6.45, 7) is 1.34. The first-order chi connectivity index (χ1) is 9.29. The van der Waals surface area contributed by atoms with E-state index in [4.69, 9.17) is 0 Å². The van der Waals surface area contributed by atoms with E-state index in [9.17, 15) is 21.6 Å². The highest BCUT2D eigenvalue weighted by molar-refractivity contribution is 7.89. The second-order valence-corrected chi connectivity index (χ2v) is 6.26. The van der Waals surface area contributed by atoms with Crippen molar-refractivity contribution in [1.82, 2.24) is 15.0 Å². The van der Waals surface area contributed by atoms with Crippen molar-refractivity contribution in [3.63, 3.8) is 0 Å². The van der Waals surface area contributed by atoms with Gasteiger partial charge in [-0.05, 0) is 31.5 Å². The van der Waals surface area contributed by atoms with E-state index in [1.54, 1.807) is 0 Å². The van der Waals surface area contributed by atoms with Crippen LogP contribution in [0.2, 0.25) is 0 Å². The number of sulfonamides is 1. The SMILES string of the molecule is O=S(=O)(NC1CCCNC1)c1ccc(C(F)(F)F)nc1. The third kappa shape index (κ3) is 3.68. The average molecular weight is 309 g/mol. The van der Waals surface area contributed by atoms with Crippen molar-refractivity contribution in [2.45, 2.75) is 30.0 Å². The number of rotatable bonds is 3. The molecule has 1 aromatic heterocycles. The molecule has 0 radical (unpaired) electrons. The normalized spacial score (nSPS) is 20.9. The minimum absolute atomic E-state index is 0.254. The number of nitrogens with one attached hydrogen (secondary N) is 2. The fraction of sp³-hybridized carbons (Fsp3) is 0.545. The van der Waals surface area contributed by atoms with Crippen molar-refractivity contribution in [2.24, 2.45) is 0 Å².